The average molecular weight is 362 g/mol. The smallest absolute Gasteiger partial charge is 0.282 e. The van der Waals surface area contributed by atoms with Gasteiger partial charge < -0.3 is 9.64 Å². The number of anilines is 1. The Balaban J connectivity index is 1.81. The minimum Gasteiger partial charge on any atom is -0.497 e. The highest BCUT2D eigenvalue weighted by Gasteiger charge is 2.42. The summed E-state index contributed by atoms with van der Waals surface area (Å²) in [6, 6.07) is 16.5. The number of carbonyl (C=O) groups excluding carboxylic acids is 2. The number of methoxy groups -OCH3 is 1. The molecule has 0 spiro atoms. The van der Waals surface area contributed by atoms with Crippen LogP contribution in [-0.2, 0) is 9.59 Å². The van der Waals surface area contributed by atoms with Gasteiger partial charge in [0.1, 0.15) is 11.4 Å². The zero-order valence-corrected chi connectivity index (χ0v) is 15.4. The molecule has 1 fully saturated rings. The van der Waals surface area contributed by atoms with Gasteiger partial charge in [0, 0.05) is 19.2 Å². The van der Waals surface area contributed by atoms with Crippen LogP contribution in [-0.4, -0.2) is 36.9 Å². The minimum absolute atomic E-state index is 0.256. The number of amides is 2. The summed E-state index contributed by atoms with van der Waals surface area (Å²) in [6.07, 6.45) is 3.23. The van der Waals surface area contributed by atoms with E-state index in [0.717, 1.165) is 37.9 Å². The molecule has 5 heteroatoms. The first-order valence-electron chi connectivity index (χ1n) is 9.28. The van der Waals surface area contributed by atoms with Crippen molar-refractivity contribution in [3.8, 4) is 5.75 Å². The zero-order chi connectivity index (χ0) is 18.8. The summed E-state index contributed by atoms with van der Waals surface area (Å²) in [7, 11) is 1.57. The Kier molecular flexibility index (Phi) is 4.67. The van der Waals surface area contributed by atoms with Gasteiger partial charge in [0.2, 0.25) is 0 Å². The van der Waals surface area contributed by atoms with E-state index < -0.39 is 0 Å². The highest BCUT2D eigenvalue weighted by molar-refractivity contribution is 6.45. The molecule has 2 aliphatic heterocycles. The fourth-order valence-electron chi connectivity index (χ4n) is 3.78. The van der Waals surface area contributed by atoms with Crippen molar-refractivity contribution in [1.82, 2.24) is 4.90 Å². The van der Waals surface area contributed by atoms with Crippen molar-refractivity contribution in [3.05, 3.63) is 65.9 Å². The largest absolute Gasteiger partial charge is 0.497 e. The number of ether oxygens (including phenoxy) is 1. The van der Waals surface area contributed by atoms with Crippen LogP contribution in [0.3, 0.4) is 0 Å². The summed E-state index contributed by atoms with van der Waals surface area (Å²) in [5.41, 5.74) is 2.32. The van der Waals surface area contributed by atoms with Crippen LogP contribution >= 0.6 is 0 Å². The number of imide groups is 1. The maximum Gasteiger partial charge on any atom is 0.282 e. The summed E-state index contributed by atoms with van der Waals surface area (Å²) >= 11 is 0. The molecule has 2 aromatic rings. The van der Waals surface area contributed by atoms with Crippen molar-refractivity contribution in [2.24, 2.45) is 0 Å². The third-order valence-corrected chi connectivity index (χ3v) is 5.11. The van der Waals surface area contributed by atoms with Gasteiger partial charge in [0.25, 0.3) is 11.8 Å². The molecule has 4 rings (SSSR count). The second-order valence-corrected chi connectivity index (χ2v) is 6.78. The van der Waals surface area contributed by atoms with Crippen LogP contribution in [0.1, 0.15) is 24.8 Å². The maximum atomic E-state index is 13.4. The van der Waals surface area contributed by atoms with Gasteiger partial charge in [-0.05, 0) is 37.0 Å². The lowest BCUT2D eigenvalue weighted by Crippen LogP contribution is -2.37. The molecular formula is C22H22N2O3. The Bertz CT molecular complexity index is 899. The molecule has 5 nitrogen and oxygen atoms in total. The average Bonchev–Trinajstić information content (AvgIpc) is 2.99. The molecule has 0 saturated carbocycles. The number of rotatable bonds is 4. The van der Waals surface area contributed by atoms with Crippen LogP contribution in [0.25, 0.3) is 5.57 Å². The highest BCUT2D eigenvalue weighted by Crippen LogP contribution is 2.36. The predicted molar refractivity (Wildman–Crippen MR) is 104 cm³/mol. The van der Waals surface area contributed by atoms with Crippen LogP contribution in [0.5, 0.6) is 5.75 Å². The van der Waals surface area contributed by atoms with E-state index in [-0.39, 0.29) is 11.8 Å². The zero-order valence-electron chi connectivity index (χ0n) is 15.4. The van der Waals surface area contributed by atoms with Crippen LogP contribution < -0.4 is 9.64 Å². The molecule has 0 radical (unpaired) electrons. The molecule has 0 bridgehead atoms. The number of benzene rings is 2. The second-order valence-electron chi connectivity index (χ2n) is 6.78. The van der Waals surface area contributed by atoms with Crippen LogP contribution in [0.2, 0.25) is 0 Å². The minimum atomic E-state index is -0.278. The van der Waals surface area contributed by atoms with Crippen LogP contribution in [0.4, 0.5) is 5.69 Å². The molecule has 2 aromatic carbocycles. The van der Waals surface area contributed by atoms with E-state index in [2.05, 4.69) is 4.90 Å². The van der Waals surface area contributed by atoms with Gasteiger partial charge in [0.15, 0.2) is 0 Å². The fourth-order valence-corrected chi connectivity index (χ4v) is 3.78. The topological polar surface area (TPSA) is 49.9 Å². The lowest BCUT2D eigenvalue weighted by Gasteiger charge is -2.29. The molecule has 27 heavy (non-hydrogen) atoms. The van der Waals surface area contributed by atoms with Crippen molar-refractivity contribution in [3.63, 3.8) is 0 Å². The second kappa shape index (κ2) is 7.27. The van der Waals surface area contributed by atoms with Crippen molar-refractivity contribution in [2.45, 2.75) is 19.3 Å². The molecule has 2 aliphatic rings. The Morgan fingerprint density at radius 2 is 1.59 bits per heavy atom. The monoisotopic (exact) mass is 362 g/mol. The Hall–Kier alpha value is -3.08. The number of hydrogen-bond acceptors (Lipinski definition) is 4. The fraction of sp³-hybridized carbons (Fsp3) is 0.273. The summed E-state index contributed by atoms with van der Waals surface area (Å²) in [4.78, 5) is 30.1. The Morgan fingerprint density at radius 1 is 0.852 bits per heavy atom. The highest BCUT2D eigenvalue weighted by atomic mass is 16.5. The molecule has 0 atom stereocenters. The van der Waals surface area contributed by atoms with Gasteiger partial charge in [-0.15, -0.1) is 0 Å². The SMILES string of the molecule is COc1cccc(N2C(=O)C(c3ccccc3)=C(N3CCCCC3)C2=O)c1. The van der Waals surface area contributed by atoms with Crippen LogP contribution in [0, 0.1) is 0 Å². The van der Waals surface area contributed by atoms with E-state index in [9.17, 15) is 9.59 Å². The van der Waals surface area contributed by atoms with E-state index in [4.69, 9.17) is 4.74 Å². The number of likely N-dealkylation sites (tertiary alicyclic amines) is 1. The van der Waals surface area contributed by atoms with Crippen molar-refractivity contribution in [2.75, 3.05) is 25.1 Å². The van der Waals surface area contributed by atoms with E-state index in [0.29, 0.717) is 22.7 Å². The van der Waals surface area contributed by atoms with Crippen molar-refractivity contribution >= 4 is 23.1 Å². The van der Waals surface area contributed by atoms with E-state index in [1.807, 2.05) is 30.3 Å². The van der Waals surface area contributed by atoms with Gasteiger partial charge in [-0.25, -0.2) is 4.90 Å². The lowest BCUT2D eigenvalue weighted by molar-refractivity contribution is -0.120. The maximum absolute atomic E-state index is 13.4. The molecule has 2 amide bonds. The summed E-state index contributed by atoms with van der Waals surface area (Å²) in [5, 5.41) is 0. The molecular weight excluding hydrogens is 340 g/mol. The molecule has 138 valence electrons. The molecule has 1 saturated heterocycles. The van der Waals surface area contributed by atoms with Crippen LogP contribution in [0.15, 0.2) is 60.3 Å². The first-order valence-corrected chi connectivity index (χ1v) is 9.28. The van der Waals surface area contributed by atoms with E-state index in [1.54, 1.807) is 31.4 Å². The first-order chi connectivity index (χ1) is 13.2. The Labute approximate surface area is 158 Å². The van der Waals surface area contributed by atoms with E-state index in [1.165, 1.54) is 4.90 Å². The molecule has 0 unspecified atom stereocenters. The van der Waals surface area contributed by atoms with Gasteiger partial charge >= 0.3 is 0 Å². The lowest BCUT2D eigenvalue weighted by atomic mass is 10.0. The quantitative estimate of drug-likeness (QED) is 0.782. The van der Waals surface area contributed by atoms with Gasteiger partial charge in [-0.1, -0.05) is 36.4 Å². The summed E-state index contributed by atoms with van der Waals surface area (Å²) < 4.78 is 5.27. The van der Waals surface area contributed by atoms with Gasteiger partial charge in [-0.3, -0.25) is 9.59 Å². The van der Waals surface area contributed by atoms with Gasteiger partial charge in [0.05, 0.1) is 18.4 Å². The molecule has 2 heterocycles. The van der Waals surface area contributed by atoms with Crippen molar-refractivity contribution in [1.29, 1.82) is 0 Å². The van der Waals surface area contributed by atoms with E-state index >= 15 is 0 Å². The number of carbonyl (C=O) groups is 2. The predicted octanol–water partition coefficient (Wildman–Crippen LogP) is 3.47. The molecule has 0 N–H and O–H groups in total. The summed E-state index contributed by atoms with van der Waals surface area (Å²) in [6.45, 7) is 1.60. The van der Waals surface area contributed by atoms with Gasteiger partial charge in [-0.2, -0.15) is 0 Å². The number of hydrogen-bond donors (Lipinski definition) is 0. The standard InChI is InChI=1S/C22H22N2O3/c1-27-18-12-8-11-17(15-18)24-21(25)19(16-9-4-2-5-10-16)20(22(24)26)23-13-6-3-7-14-23/h2,4-5,8-12,15H,3,6-7,13-14H2,1H3. The first kappa shape index (κ1) is 17.3. The third kappa shape index (κ3) is 3.10. The molecule has 0 aliphatic carbocycles. The number of nitrogens with zero attached hydrogens (tertiary/aromatic N) is 2. The third-order valence-electron chi connectivity index (χ3n) is 5.11. The normalized spacial score (nSPS) is 17.7. The summed E-state index contributed by atoms with van der Waals surface area (Å²) in [5.74, 6) is 0.0785. The number of piperidine rings is 1. The molecule has 0 aromatic heterocycles. The Morgan fingerprint density at radius 3 is 2.30 bits per heavy atom. The van der Waals surface area contributed by atoms with Crippen molar-refractivity contribution < 1.29 is 14.3 Å².